The van der Waals surface area contributed by atoms with Crippen LogP contribution >= 0.6 is 15.9 Å². The third kappa shape index (κ3) is 3.45. The van der Waals surface area contributed by atoms with Gasteiger partial charge in [0.2, 0.25) is 5.91 Å². The molecule has 1 atom stereocenters. The molecule has 4 heteroatoms. The summed E-state index contributed by atoms with van der Waals surface area (Å²) in [7, 11) is 0. The molecule has 0 N–H and O–H groups in total. The number of likely N-dealkylation sites (tertiary alicyclic amines) is 2. The van der Waals surface area contributed by atoms with Crippen LogP contribution in [0.3, 0.4) is 0 Å². The molecular formula is C12H21BrN2O. The zero-order valence-corrected chi connectivity index (χ0v) is 11.4. The molecule has 0 saturated carbocycles. The number of piperidine rings is 1. The first-order valence-corrected chi connectivity index (χ1v) is 7.31. The Balaban J connectivity index is 1.62. The molecule has 0 aromatic rings. The highest BCUT2D eigenvalue weighted by molar-refractivity contribution is 9.09. The Morgan fingerprint density at radius 1 is 1.19 bits per heavy atom. The molecule has 3 nitrogen and oxygen atoms in total. The number of amides is 1. The normalized spacial score (nSPS) is 27.7. The molecule has 2 heterocycles. The molecule has 2 rings (SSSR count). The van der Waals surface area contributed by atoms with Crippen molar-refractivity contribution in [3.05, 3.63) is 0 Å². The van der Waals surface area contributed by atoms with Gasteiger partial charge in [-0.1, -0.05) is 22.4 Å². The highest BCUT2D eigenvalue weighted by atomic mass is 79.9. The van der Waals surface area contributed by atoms with E-state index in [2.05, 4.69) is 20.8 Å². The van der Waals surface area contributed by atoms with E-state index in [1.165, 1.54) is 32.4 Å². The van der Waals surface area contributed by atoms with Crippen molar-refractivity contribution < 1.29 is 4.79 Å². The van der Waals surface area contributed by atoms with Crippen molar-refractivity contribution in [3.63, 3.8) is 0 Å². The molecule has 92 valence electrons. The summed E-state index contributed by atoms with van der Waals surface area (Å²) < 4.78 is 0. The standard InChI is InChI=1S/C12H21BrN2O/c13-11-9-12(16)15(10-11)8-4-7-14-5-2-1-3-6-14/h11H,1-10H2. The van der Waals surface area contributed by atoms with E-state index in [1.54, 1.807) is 0 Å². The first-order valence-electron chi connectivity index (χ1n) is 6.40. The second-order valence-corrected chi connectivity index (χ2v) is 6.19. The third-order valence-electron chi connectivity index (χ3n) is 3.52. The molecule has 1 unspecified atom stereocenters. The number of alkyl halides is 1. The predicted molar refractivity (Wildman–Crippen MR) is 68.8 cm³/mol. The Hall–Kier alpha value is -0.0900. The Labute approximate surface area is 106 Å². The second-order valence-electron chi connectivity index (χ2n) is 4.90. The SMILES string of the molecule is O=C1CC(Br)CN1CCCN1CCCCC1. The first-order chi connectivity index (χ1) is 7.75. The zero-order valence-electron chi connectivity index (χ0n) is 9.83. The van der Waals surface area contributed by atoms with Crippen molar-refractivity contribution in [2.45, 2.75) is 36.9 Å². The molecule has 16 heavy (non-hydrogen) atoms. The molecule has 2 aliphatic heterocycles. The van der Waals surface area contributed by atoms with Gasteiger partial charge in [-0.25, -0.2) is 0 Å². The van der Waals surface area contributed by atoms with Crippen LogP contribution in [-0.2, 0) is 4.79 Å². The van der Waals surface area contributed by atoms with E-state index >= 15 is 0 Å². The lowest BCUT2D eigenvalue weighted by molar-refractivity contribution is -0.127. The van der Waals surface area contributed by atoms with Crippen molar-refractivity contribution in [1.29, 1.82) is 0 Å². The van der Waals surface area contributed by atoms with Crippen molar-refractivity contribution >= 4 is 21.8 Å². The molecule has 0 radical (unpaired) electrons. The lowest BCUT2D eigenvalue weighted by Crippen LogP contribution is -2.34. The summed E-state index contributed by atoms with van der Waals surface area (Å²) in [5.41, 5.74) is 0. The van der Waals surface area contributed by atoms with Crippen molar-refractivity contribution in [2.24, 2.45) is 0 Å². The molecule has 1 amide bonds. The fourth-order valence-corrected chi connectivity index (χ4v) is 3.23. The Kier molecular flexibility index (Phi) is 4.65. The maximum atomic E-state index is 11.5. The van der Waals surface area contributed by atoms with Gasteiger partial charge in [0.1, 0.15) is 0 Å². The van der Waals surface area contributed by atoms with Crippen LogP contribution in [0.1, 0.15) is 32.1 Å². The average Bonchev–Trinajstić information content (AvgIpc) is 2.59. The molecular weight excluding hydrogens is 268 g/mol. The van der Waals surface area contributed by atoms with Gasteiger partial charge in [-0.3, -0.25) is 4.79 Å². The van der Waals surface area contributed by atoms with E-state index < -0.39 is 0 Å². The fraction of sp³-hybridized carbons (Fsp3) is 0.917. The number of halogens is 1. The Morgan fingerprint density at radius 2 is 1.94 bits per heavy atom. The van der Waals surface area contributed by atoms with Gasteiger partial charge in [0.05, 0.1) is 0 Å². The summed E-state index contributed by atoms with van der Waals surface area (Å²) in [6, 6.07) is 0. The van der Waals surface area contributed by atoms with Gasteiger partial charge in [0.25, 0.3) is 0 Å². The van der Waals surface area contributed by atoms with E-state index in [0.29, 0.717) is 17.2 Å². The van der Waals surface area contributed by atoms with Crippen LogP contribution in [-0.4, -0.2) is 53.3 Å². The van der Waals surface area contributed by atoms with Crippen LogP contribution in [0, 0.1) is 0 Å². The first kappa shape index (κ1) is 12.4. The van der Waals surface area contributed by atoms with Gasteiger partial charge < -0.3 is 9.80 Å². The maximum absolute atomic E-state index is 11.5. The fourth-order valence-electron chi connectivity index (χ4n) is 2.61. The minimum atomic E-state index is 0.320. The summed E-state index contributed by atoms with van der Waals surface area (Å²) in [5, 5.41) is 0. The summed E-state index contributed by atoms with van der Waals surface area (Å²) >= 11 is 3.51. The van der Waals surface area contributed by atoms with Gasteiger partial charge in [-0.2, -0.15) is 0 Å². The van der Waals surface area contributed by atoms with Crippen LogP contribution in [0.2, 0.25) is 0 Å². The van der Waals surface area contributed by atoms with Crippen molar-refractivity contribution in [1.82, 2.24) is 9.80 Å². The minimum Gasteiger partial charge on any atom is -0.341 e. The molecule has 0 aromatic heterocycles. The number of carbonyl (C=O) groups is 1. The van der Waals surface area contributed by atoms with Gasteiger partial charge in [-0.15, -0.1) is 0 Å². The van der Waals surface area contributed by atoms with Crippen LogP contribution in [0.4, 0.5) is 0 Å². The van der Waals surface area contributed by atoms with Crippen LogP contribution in [0.25, 0.3) is 0 Å². The molecule has 0 aliphatic carbocycles. The third-order valence-corrected chi connectivity index (χ3v) is 4.13. The number of nitrogens with zero attached hydrogens (tertiary/aromatic N) is 2. The molecule has 0 bridgehead atoms. The highest BCUT2D eigenvalue weighted by Gasteiger charge is 2.26. The quantitative estimate of drug-likeness (QED) is 0.738. The van der Waals surface area contributed by atoms with E-state index in [9.17, 15) is 4.79 Å². The number of carbonyl (C=O) groups excluding carboxylic acids is 1. The Morgan fingerprint density at radius 3 is 2.56 bits per heavy atom. The molecule has 2 aliphatic rings. The molecule has 0 spiro atoms. The van der Waals surface area contributed by atoms with Crippen LogP contribution < -0.4 is 0 Å². The molecule has 2 fully saturated rings. The van der Waals surface area contributed by atoms with E-state index in [1.807, 2.05) is 4.90 Å². The number of rotatable bonds is 4. The summed E-state index contributed by atoms with van der Waals surface area (Å²) in [4.78, 5) is 16.5. The largest absolute Gasteiger partial charge is 0.341 e. The van der Waals surface area contributed by atoms with Crippen LogP contribution in [0.15, 0.2) is 0 Å². The molecule has 2 saturated heterocycles. The highest BCUT2D eigenvalue weighted by Crippen LogP contribution is 2.18. The van der Waals surface area contributed by atoms with Gasteiger partial charge >= 0.3 is 0 Å². The van der Waals surface area contributed by atoms with E-state index in [-0.39, 0.29) is 0 Å². The summed E-state index contributed by atoms with van der Waals surface area (Å²) in [5.74, 6) is 0.320. The Bertz CT molecular complexity index is 241. The van der Waals surface area contributed by atoms with Crippen LogP contribution in [0.5, 0.6) is 0 Å². The smallest absolute Gasteiger partial charge is 0.223 e. The minimum absolute atomic E-state index is 0.320. The molecule has 0 aromatic carbocycles. The lowest BCUT2D eigenvalue weighted by atomic mass is 10.1. The monoisotopic (exact) mass is 288 g/mol. The zero-order chi connectivity index (χ0) is 11.4. The van der Waals surface area contributed by atoms with Gasteiger partial charge in [0.15, 0.2) is 0 Å². The number of hydrogen-bond acceptors (Lipinski definition) is 2. The topological polar surface area (TPSA) is 23.6 Å². The van der Waals surface area contributed by atoms with Crippen molar-refractivity contribution in [3.8, 4) is 0 Å². The second kappa shape index (κ2) is 6.01. The van der Waals surface area contributed by atoms with Gasteiger partial charge in [0, 0.05) is 24.3 Å². The lowest BCUT2D eigenvalue weighted by Gasteiger charge is -2.27. The number of hydrogen-bond donors (Lipinski definition) is 0. The van der Waals surface area contributed by atoms with E-state index in [4.69, 9.17) is 0 Å². The van der Waals surface area contributed by atoms with Gasteiger partial charge in [-0.05, 0) is 38.9 Å². The summed E-state index contributed by atoms with van der Waals surface area (Å²) in [6.07, 6.45) is 5.92. The average molecular weight is 289 g/mol. The maximum Gasteiger partial charge on any atom is 0.223 e. The van der Waals surface area contributed by atoms with Crippen molar-refractivity contribution in [2.75, 3.05) is 32.7 Å². The predicted octanol–water partition coefficient (Wildman–Crippen LogP) is 1.86. The van der Waals surface area contributed by atoms with E-state index in [0.717, 1.165) is 26.1 Å². The summed E-state index contributed by atoms with van der Waals surface area (Å²) in [6.45, 7) is 5.52.